The second-order valence-electron chi connectivity index (χ2n) is 4.56. The normalized spacial score (nSPS) is 11.7. The second-order valence-corrected chi connectivity index (χ2v) is 4.56. The molecule has 1 atom stereocenters. The van der Waals surface area contributed by atoms with E-state index in [0.29, 0.717) is 6.42 Å². The first kappa shape index (κ1) is 15.0. The fourth-order valence-corrected chi connectivity index (χ4v) is 1.73. The summed E-state index contributed by atoms with van der Waals surface area (Å²) in [6.07, 6.45) is 0.221. The largest absolute Gasteiger partial charge is 0.481 e. The van der Waals surface area contributed by atoms with Crippen LogP contribution in [0, 0.1) is 0 Å². The molecular weight excluding hydrogens is 244 g/mol. The number of benzene rings is 1. The first-order valence-electron chi connectivity index (χ1n) is 6.22. The van der Waals surface area contributed by atoms with E-state index in [1.807, 2.05) is 43.3 Å². The van der Waals surface area contributed by atoms with E-state index in [0.717, 1.165) is 11.3 Å². The molecule has 0 bridgehead atoms. The number of carboxylic acid groups (broad SMARTS) is 1. The van der Waals surface area contributed by atoms with Crippen LogP contribution in [-0.4, -0.2) is 31.1 Å². The molecule has 0 aliphatic carbocycles. The number of hydrogen-bond acceptors (Lipinski definition) is 3. The standard InChI is InChI=1S/C14H20N2O3/c1-4-13(17)15-12(9-14(18)19)10-5-7-11(8-6-10)16(2)3/h5-8,12H,4,9H2,1-3H3,(H,15,17)(H,18,19). The highest BCUT2D eigenvalue weighted by atomic mass is 16.4. The van der Waals surface area contributed by atoms with Gasteiger partial charge in [-0.25, -0.2) is 0 Å². The maximum absolute atomic E-state index is 11.4. The third-order valence-electron chi connectivity index (χ3n) is 2.85. The second kappa shape index (κ2) is 6.78. The van der Waals surface area contributed by atoms with E-state index in [9.17, 15) is 9.59 Å². The van der Waals surface area contributed by atoms with Crippen molar-refractivity contribution in [1.82, 2.24) is 5.32 Å². The molecule has 0 spiro atoms. The van der Waals surface area contributed by atoms with Crippen LogP contribution in [-0.2, 0) is 9.59 Å². The Labute approximate surface area is 113 Å². The molecule has 0 aliphatic rings. The molecule has 1 rings (SSSR count). The van der Waals surface area contributed by atoms with Crippen molar-refractivity contribution in [2.45, 2.75) is 25.8 Å². The highest BCUT2D eigenvalue weighted by molar-refractivity contribution is 5.77. The average Bonchev–Trinajstić information content (AvgIpc) is 2.37. The molecule has 1 aromatic rings. The van der Waals surface area contributed by atoms with Gasteiger partial charge in [0.15, 0.2) is 0 Å². The molecule has 0 aromatic heterocycles. The van der Waals surface area contributed by atoms with Crippen molar-refractivity contribution in [3.8, 4) is 0 Å². The summed E-state index contributed by atoms with van der Waals surface area (Å²) in [4.78, 5) is 24.3. The highest BCUT2D eigenvalue weighted by Gasteiger charge is 2.17. The van der Waals surface area contributed by atoms with E-state index in [-0.39, 0.29) is 12.3 Å². The van der Waals surface area contributed by atoms with E-state index in [1.54, 1.807) is 6.92 Å². The Hall–Kier alpha value is -2.04. The summed E-state index contributed by atoms with van der Waals surface area (Å²) in [7, 11) is 3.87. The van der Waals surface area contributed by atoms with Gasteiger partial charge >= 0.3 is 5.97 Å². The number of nitrogens with one attached hydrogen (secondary N) is 1. The van der Waals surface area contributed by atoms with Gasteiger partial charge in [0.2, 0.25) is 5.91 Å². The Kier molecular flexibility index (Phi) is 5.36. The van der Waals surface area contributed by atoms with Crippen LogP contribution in [0.3, 0.4) is 0 Å². The van der Waals surface area contributed by atoms with Crippen LogP contribution in [0.1, 0.15) is 31.4 Å². The molecule has 19 heavy (non-hydrogen) atoms. The lowest BCUT2D eigenvalue weighted by Crippen LogP contribution is -2.29. The van der Waals surface area contributed by atoms with Crippen molar-refractivity contribution in [2.75, 3.05) is 19.0 Å². The van der Waals surface area contributed by atoms with Crippen molar-refractivity contribution in [3.05, 3.63) is 29.8 Å². The van der Waals surface area contributed by atoms with Gasteiger partial charge in [-0.2, -0.15) is 0 Å². The minimum atomic E-state index is -0.932. The first-order chi connectivity index (χ1) is 8.93. The zero-order valence-electron chi connectivity index (χ0n) is 11.5. The molecule has 0 aliphatic heterocycles. The molecule has 2 N–H and O–H groups in total. The number of rotatable bonds is 6. The van der Waals surface area contributed by atoms with Gasteiger partial charge in [-0.05, 0) is 17.7 Å². The lowest BCUT2D eigenvalue weighted by molar-refractivity contribution is -0.137. The number of anilines is 1. The van der Waals surface area contributed by atoms with Gasteiger partial charge in [0.1, 0.15) is 0 Å². The molecule has 0 fully saturated rings. The van der Waals surface area contributed by atoms with Crippen molar-refractivity contribution >= 4 is 17.6 Å². The molecule has 0 heterocycles. The lowest BCUT2D eigenvalue weighted by atomic mass is 10.0. The van der Waals surface area contributed by atoms with Crippen LogP contribution in [0.2, 0.25) is 0 Å². The van der Waals surface area contributed by atoms with E-state index in [4.69, 9.17) is 5.11 Å². The van der Waals surface area contributed by atoms with Gasteiger partial charge in [-0.3, -0.25) is 9.59 Å². The number of nitrogens with zero attached hydrogens (tertiary/aromatic N) is 1. The summed E-state index contributed by atoms with van der Waals surface area (Å²) in [5, 5.41) is 11.6. The average molecular weight is 264 g/mol. The topological polar surface area (TPSA) is 69.6 Å². The number of aliphatic carboxylic acids is 1. The lowest BCUT2D eigenvalue weighted by Gasteiger charge is -2.19. The van der Waals surface area contributed by atoms with E-state index >= 15 is 0 Å². The van der Waals surface area contributed by atoms with Crippen molar-refractivity contribution < 1.29 is 14.7 Å². The summed E-state index contributed by atoms with van der Waals surface area (Å²) in [6, 6.07) is 7.02. The number of hydrogen-bond donors (Lipinski definition) is 2. The van der Waals surface area contributed by atoms with Crippen LogP contribution in [0.5, 0.6) is 0 Å². The van der Waals surface area contributed by atoms with Crippen LogP contribution in [0.15, 0.2) is 24.3 Å². The minimum Gasteiger partial charge on any atom is -0.481 e. The SMILES string of the molecule is CCC(=O)NC(CC(=O)O)c1ccc(N(C)C)cc1. The van der Waals surface area contributed by atoms with Crippen LogP contribution in [0.4, 0.5) is 5.69 Å². The minimum absolute atomic E-state index is 0.118. The van der Waals surface area contributed by atoms with Crippen molar-refractivity contribution in [3.63, 3.8) is 0 Å². The molecular formula is C14H20N2O3. The molecule has 104 valence electrons. The van der Waals surface area contributed by atoms with Gasteiger partial charge in [0.05, 0.1) is 12.5 Å². The van der Waals surface area contributed by atoms with Crippen LogP contribution < -0.4 is 10.2 Å². The fourth-order valence-electron chi connectivity index (χ4n) is 1.73. The molecule has 0 saturated carbocycles. The summed E-state index contributed by atoms with van der Waals surface area (Å²) in [6.45, 7) is 1.74. The Morgan fingerprint density at radius 3 is 2.26 bits per heavy atom. The highest BCUT2D eigenvalue weighted by Crippen LogP contribution is 2.20. The van der Waals surface area contributed by atoms with Crippen molar-refractivity contribution in [1.29, 1.82) is 0 Å². The predicted molar refractivity (Wildman–Crippen MR) is 74.2 cm³/mol. The van der Waals surface area contributed by atoms with Crippen molar-refractivity contribution in [2.24, 2.45) is 0 Å². The summed E-state index contributed by atoms with van der Waals surface area (Å²) in [5.41, 5.74) is 1.83. The maximum Gasteiger partial charge on any atom is 0.305 e. The molecule has 1 amide bonds. The van der Waals surface area contributed by atoms with Crippen LogP contribution >= 0.6 is 0 Å². The predicted octanol–water partition coefficient (Wildman–Crippen LogP) is 1.79. The third-order valence-corrected chi connectivity index (χ3v) is 2.85. The summed E-state index contributed by atoms with van der Waals surface area (Å²) in [5.74, 6) is -1.08. The molecule has 0 saturated heterocycles. The number of carboxylic acids is 1. The zero-order valence-corrected chi connectivity index (χ0v) is 11.5. The van der Waals surface area contributed by atoms with E-state index in [1.165, 1.54) is 0 Å². The number of carbonyl (C=O) groups is 2. The Morgan fingerprint density at radius 2 is 1.84 bits per heavy atom. The van der Waals surface area contributed by atoms with Gasteiger partial charge in [-0.15, -0.1) is 0 Å². The number of carbonyl (C=O) groups excluding carboxylic acids is 1. The Morgan fingerprint density at radius 1 is 1.26 bits per heavy atom. The Balaban J connectivity index is 2.89. The molecule has 0 radical (unpaired) electrons. The smallest absolute Gasteiger partial charge is 0.305 e. The van der Waals surface area contributed by atoms with E-state index < -0.39 is 12.0 Å². The van der Waals surface area contributed by atoms with Gasteiger partial charge < -0.3 is 15.3 Å². The van der Waals surface area contributed by atoms with Gasteiger partial charge in [0, 0.05) is 26.2 Å². The Bertz CT molecular complexity index is 441. The number of amides is 1. The summed E-state index contributed by atoms with van der Waals surface area (Å²) >= 11 is 0. The summed E-state index contributed by atoms with van der Waals surface area (Å²) < 4.78 is 0. The monoisotopic (exact) mass is 264 g/mol. The molecule has 1 unspecified atom stereocenters. The quantitative estimate of drug-likeness (QED) is 0.822. The van der Waals surface area contributed by atoms with Gasteiger partial charge in [0.25, 0.3) is 0 Å². The van der Waals surface area contributed by atoms with Crippen LogP contribution in [0.25, 0.3) is 0 Å². The van der Waals surface area contributed by atoms with E-state index in [2.05, 4.69) is 5.32 Å². The zero-order chi connectivity index (χ0) is 14.4. The molecule has 5 heteroatoms. The third kappa shape index (κ3) is 4.62. The molecule has 1 aromatic carbocycles. The maximum atomic E-state index is 11.4. The fraction of sp³-hybridized carbons (Fsp3) is 0.429. The first-order valence-corrected chi connectivity index (χ1v) is 6.22. The van der Waals surface area contributed by atoms with Gasteiger partial charge in [-0.1, -0.05) is 19.1 Å². The molecule has 5 nitrogen and oxygen atoms in total.